The lowest BCUT2D eigenvalue weighted by Crippen LogP contribution is -2.44. The van der Waals surface area contributed by atoms with Crippen LogP contribution in [0.4, 0.5) is 0 Å². The molecule has 1 aromatic carbocycles. The van der Waals surface area contributed by atoms with Gasteiger partial charge in [0.25, 0.3) is 0 Å². The van der Waals surface area contributed by atoms with E-state index in [0.717, 1.165) is 18.7 Å². The number of rotatable bonds is 2. The fraction of sp³-hybridized carbons (Fsp3) is 0.571. The molecule has 0 radical (unpaired) electrons. The highest BCUT2D eigenvalue weighted by atomic mass is 16.7. The van der Waals surface area contributed by atoms with Gasteiger partial charge in [-0.15, -0.1) is 0 Å². The molecule has 1 saturated heterocycles. The van der Waals surface area contributed by atoms with Gasteiger partial charge in [-0.3, -0.25) is 4.90 Å². The lowest BCUT2D eigenvalue weighted by Gasteiger charge is -2.35. The number of phenolic OH excluding ortho intramolecular Hbond substituents is 1. The Morgan fingerprint density at radius 2 is 1.79 bits per heavy atom. The minimum Gasteiger partial charge on any atom is -0.507 e. The van der Waals surface area contributed by atoms with Crippen molar-refractivity contribution in [3.63, 3.8) is 0 Å². The third kappa shape index (κ3) is 2.62. The minimum absolute atomic E-state index is 0.222. The first kappa shape index (κ1) is 12.6. The maximum atomic E-state index is 10.0. The minimum atomic E-state index is 0.222. The van der Waals surface area contributed by atoms with E-state index in [0.29, 0.717) is 18.0 Å². The molecule has 5 nitrogen and oxygen atoms in total. The van der Waals surface area contributed by atoms with E-state index in [4.69, 9.17) is 14.2 Å². The summed E-state index contributed by atoms with van der Waals surface area (Å²) in [6, 6.07) is 3.49. The highest BCUT2D eigenvalue weighted by Gasteiger charge is 2.24. The van der Waals surface area contributed by atoms with Gasteiger partial charge in [0.05, 0.1) is 12.2 Å². The van der Waals surface area contributed by atoms with Crippen LogP contribution in [0.3, 0.4) is 0 Å². The predicted molar refractivity (Wildman–Crippen MR) is 69.5 cm³/mol. The van der Waals surface area contributed by atoms with E-state index in [2.05, 4.69) is 18.7 Å². The van der Waals surface area contributed by atoms with Crippen LogP contribution in [0.2, 0.25) is 0 Å². The molecule has 1 N–H and O–H groups in total. The molecular formula is C14H19NO4. The molecule has 1 aromatic rings. The molecule has 0 saturated carbocycles. The van der Waals surface area contributed by atoms with Crippen LogP contribution in [0.25, 0.3) is 0 Å². The average molecular weight is 265 g/mol. The molecule has 0 bridgehead atoms. The summed E-state index contributed by atoms with van der Waals surface area (Å²) in [5.41, 5.74) is 0.866. The molecule has 0 aliphatic carbocycles. The van der Waals surface area contributed by atoms with E-state index in [-0.39, 0.29) is 24.8 Å². The number of hydrogen-bond donors (Lipinski definition) is 1. The van der Waals surface area contributed by atoms with Crippen LogP contribution >= 0.6 is 0 Å². The molecule has 104 valence electrons. The number of phenols is 1. The summed E-state index contributed by atoms with van der Waals surface area (Å²) in [5.74, 6) is 1.59. The molecule has 2 atom stereocenters. The number of morpholine rings is 1. The van der Waals surface area contributed by atoms with Crippen LogP contribution in [0.5, 0.6) is 17.2 Å². The van der Waals surface area contributed by atoms with E-state index in [1.165, 1.54) is 0 Å². The molecule has 2 unspecified atom stereocenters. The van der Waals surface area contributed by atoms with Crippen molar-refractivity contribution >= 4 is 0 Å². The van der Waals surface area contributed by atoms with Gasteiger partial charge in [-0.05, 0) is 19.9 Å². The molecule has 2 aliphatic heterocycles. The Kier molecular flexibility index (Phi) is 3.24. The Morgan fingerprint density at radius 1 is 1.16 bits per heavy atom. The highest BCUT2D eigenvalue weighted by molar-refractivity contribution is 5.51. The maximum absolute atomic E-state index is 10.0. The molecule has 19 heavy (non-hydrogen) atoms. The maximum Gasteiger partial charge on any atom is 0.231 e. The quantitative estimate of drug-likeness (QED) is 0.882. The summed E-state index contributed by atoms with van der Waals surface area (Å²) in [6.45, 7) is 6.81. The molecule has 0 aromatic heterocycles. The van der Waals surface area contributed by atoms with Gasteiger partial charge in [0.2, 0.25) is 6.79 Å². The zero-order valence-corrected chi connectivity index (χ0v) is 11.3. The van der Waals surface area contributed by atoms with Crippen molar-refractivity contribution in [2.45, 2.75) is 32.6 Å². The van der Waals surface area contributed by atoms with Gasteiger partial charge >= 0.3 is 0 Å². The second-order valence-electron chi connectivity index (χ2n) is 5.29. The van der Waals surface area contributed by atoms with Crippen molar-refractivity contribution < 1.29 is 19.3 Å². The summed E-state index contributed by atoms with van der Waals surface area (Å²) in [6.07, 6.45) is 0.444. The van der Waals surface area contributed by atoms with E-state index in [1.807, 2.05) is 6.07 Å². The standard InChI is InChI=1S/C14H19NO4/c1-9-5-15(6-10(2)19-9)7-11-3-13-14(4-12(11)16)18-8-17-13/h3-4,9-10,16H,5-8H2,1-2H3. The highest BCUT2D eigenvalue weighted by Crippen LogP contribution is 2.38. The zero-order chi connectivity index (χ0) is 13.4. The Balaban J connectivity index is 1.76. The Labute approximate surface area is 112 Å². The second-order valence-corrected chi connectivity index (χ2v) is 5.29. The Bertz CT molecular complexity index is 467. The van der Waals surface area contributed by atoms with Gasteiger partial charge in [-0.1, -0.05) is 0 Å². The first-order valence-electron chi connectivity index (χ1n) is 6.61. The molecule has 2 aliphatic rings. The number of benzene rings is 1. The zero-order valence-electron chi connectivity index (χ0n) is 11.3. The van der Waals surface area contributed by atoms with Crippen LogP contribution in [0, 0.1) is 0 Å². The second kappa shape index (κ2) is 4.90. The number of aromatic hydroxyl groups is 1. The average Bonchev–Trinajstić information content (AvgIpc) is 2.75. The van der Waals surface area contributed by atoms with Crippen LogP contribution in [-0.2, 0) is 11.3 Å². The summed E-state index contributed by atoms with van der Waals surface area (Å²) < 4.78 is 16.3. The molecule has 2 heterocycles. The predicted octanol–water partition coefficient (Wildman–Crippen LogP) is 1.73. The Hall–Kier alpha value is -1.46. The number of nitrogens with zero attached hydrogens (tertiary/aromatic N) is 1. The van der Waals surface area contributed by atoms with Gasteiger partial charge in [0.15, 0.2) is 11.5 Å². The first-order valence-corrected chi connectivity index (χ1v) is 6.61. The third-order valence-corrected chi connectivity index (χ3v) is 3.46. The molecule has 3 rings (SSSR count). The number of ether oxygens (including phenoxy) is 3. The molecule has 0 spiro atoms. The third-order valence-electron chi connectivity index (χ3n) is 3.46. The first-order chi connectivity index (χ1) is 9.11. The lowest BCUT2D eigenvalue weighted by molar-refractivity contribution is -0.0706. The Morgan fingerprint density at radius 3 is 2.47 bits per heavy atom. The molecule has 0 amide bonds. The lowest BCUT2D eigenvalue weighted by atomic mass is 10.1. The summed E-state index contributed by atoms with van der Waals surface area (Å²) in [5, 5.41) is 10.0. The fourth-order valence-electron chi connectivity index (χ4n) is 2.75. The molecular weight excluding hydrogens is 246 g/mol. The fourth-order valence-corrected chi connectivity index (χ4v) is 2.75. The van der Waals surface area contributed by atoms with E-state index in [9.17, 15) is 5.11 Å². The molecule has 1 fully saturated rings. The van der Waals surface area contributed by atoms with E-state index >= 15 is 0 Å². The number of fused-ring (bicyclic) bond motifs is 1. The van der Waals surface area contributed by atoms with Gasteiger partial charge in [0.1, 0.15) is 5.75 Å². The smallest absolute Gasteiger partial charge is 0.231 e. The normalized spacial score (nSPS) is 26.6. The number of hydrogen-bond acceptors (Lipinski definition) is 5. The van der Waals surface area contributed by atoms with Gasteiger partial charge in [-0.25, -0.2) is 0 Å². The summed E-state index contributed by atoms with van der Waals surface area (Å²) in [7, 11) is 0. The summed E-state index contributed by atoms with van der Waals surface area (Å²) >= 11 is 0. The topological polar surface area (TPSA) is 51.2 Å². The van der Waals surface area contributed by atoms with Gasteiger partial charge < -0.3 is 19.3 Å². The molecule has 5 heteroatoms. The van der Waals surface area contributed by atoms with Crippen molar-refractivity contribution in [1.29, 1.82) is 0 Å². The van der Waals surface area contributed by atoms with Crippen LogP contribution in [0.1, 0.15) is 19.4 Å². The van der Waals surface area contributed by atoms with Gasteiger partial charge in [0, 0.05) is 31.3 Å². The van der Waals surface area contributed by atoms with E-state index < -0.39 is 0 Å². The van der Waals surface area contributed by atoms with Crippen molar-refractivity contribution in [2.24, 2.45) is 0 Å². The van der Waals surface area contributed by atoms with Gasteiger partial charge in [-0.2, -0.15) is 0 Å². The van der Waals surface area contributed by atoms with Crippen molar-refractivity contribution in [3.05, 3.63) is 17.7 Å². The van der Waals surface area contributed by atoms with Crippen molar-refractivity contribution in [1.82, 2.24) is 4.90 Å². The monoisotopic (exact) mass is 265 g/mol. The SMILES string of the molecule is CC1CN(Cc2cc3c(cc2O)OCO3)CC(C)O1. The van der Waals surface area contributed by atoms with Crippen LogP contribution in [-0.4, -0.2) is 42.1 Å². The summed E-state index contributed by atoms with van der Waals surface area (Å²) in [4.78, 5) is 2.29. The van der Waals surface area contributed by atoms with Crippen molar-refractivity contribution in [2.75, 3.05) is 19.9 Å². The van der Waals surface area contributed by atoms with E-state index in [1.54, 1.807) is 6.07 Å². The largest absolute Gasteiger partial charge is 0.507 e. The van der Waals surface area contributed by atoms with Crippen LogP contribution in [0.15, 0.2) is 12.1 Å². The van der Waals surface area contributed by atoms with Crippen LogP contribution < -0.4 is 9.47 Å². The van der Waals surface area contributed by atoms with Crippen molar-refractivity contribution in [3.8, 4) is 17.2 Å².